The molecule has 0 saturated heterocycles. The van der Waals surface area contributed by atoms with E-state index in [2.05, 4.69) is 0 Å². The van der Waals surface area contributed by atoms with Crippen LogP contribution < -0.4 is 0 Å². The summed E-state index contributed by atoms with van der Waals surface area (Å²) in [5.74, 6) is -1.16. The predicted molar refractivity (Wildman–Crippen MR) is 127 cm³/mol. The van der Waals surface area contributed by atoms with Gasteiger partial charge in [0.2, 0.25) is 0 Å². The second-order valence-electron chi connectivity index (χ2n) is 8.40. The van der Waals surface area contributed by atoms with Crippen LogP contribution in [0.25, 0.3) is 0 Å². The first-order valence-electron chi connectivity index (χ1n) is 11.6. The first-order valence-corrected chi connectivity index (χ1v) is 11.6. The molecule has 2 unspecified atom stereocenters. The molecule has 0 N–H and O–H groups in total. The number of ketones is 1. The van der Waals surface area contributed by atoms with Gasteiger partial charge in [0.25, 0.3) is 0 Å². The number of nitrogens with zero attached hydrogens (tertiary/aromatic N) is 1. The first kappa shape index (κ1) is 29.2. The Morgan fingerprint density at radius 3 is 1.89 bits per heavy atom. The van der Waals surface area contributed by atoms with Crippen LogP contribution in [-0.2, 0) is 44.6 Å². The molecule has 1 amide bonds. The summed E-state index contributed by atoms with van der Waals surface area (Å²) < 4.78 is 39.2. The predicted octanol–water partition coefficient (Wildman–Crippen LogP) is 2.49. The summed E-state index contributed by atoms with van der Waals surface area (Å²) in [6.45, 7) is 2.02. The van der Waals surface area contributed by atoms with Crippen LogP contribution in [0.3, 0.4) is 0 Å². The van der Waals surface area contributed by atoms with Gasteiger partial charge in [0, 0.05) is 60.3 Å². The van der Waals surface area contributed by atoms with Gasteiger partial charge in [-0.1, -0.05) is 37.3 Å². The normalized spacial score (nSPS) is 24.8. The van der Waals surface area contributed by atoms with Crippen LogP contribution in [0.5, 0.6) is 0 Å². The maximum Gasteiger partial charge on any atom is 0.409 e. The minimum atomic E-state index is -0.629. The Hall–Kier alpha value is -2.08. The van der Waals surface area contributed by atoms with Crippen molar-refractivity contribution in [3.8, 4) is 0 Å². The van der Waals surface area contributed by atoms with Crippen LogP contribution in [0.1, 0.15) is 18.9 Å². The van der Waals surface area contributed by atoms with E-state index in [0.29, 0.717) is 0 Å². The zero-order valence-electron chi connectivity index (χ0n) is 21.5. The van der Waals surface area contributed by atoms with Crippen molar-refractivity contribution in [3.63, 3.8) is 0 Å². The van der Waals surface area contributed by atoms with Gasteiger partial charge in [-0.05, 0) is 5.56 Å². The third-order valence-electron chi connectivity index (χ3n) is 6.25. The summed E-state index contributed by atoms with van der Waals surface area (Å²) in [6.07, 6.45) is -2.47. The van der Waals surface area contributed by atoms with Gasteiger partial charge in [-0.3, -0.25) is 4.79 Å². The number of benzene rings is 1. The standard InChI is InChI=1S/C25H39NO9/c1-7-19(27)18(13-26(2)25(28)33-14-17-11-9-8-10-12-17)20-21(34-15-29-3)23(31-5)24(32-6)22(20)35-16-30-4/h8-12,18,20-24H,7,13-16H2,1-6H3/t18?,20?,21-,22+,23-,24+. The van der Waals surface area contributed by atoms with Crippen LogP contribution in [0.4, 0.5) is 4.79 Å². The van der Waals surface area contributed by atoms with Crippen LogP contribution in [0, 0.1) is 11.8 Å². The van der Waals surface area contributed by atoms with Gasteiger partial charge in [-0.2, -0.15) is 0 Å². The van der Waals surface area contributed by atoms with Crippen LogP contribution >= 0.6 is 0 Å². The van der Waals surface area contributed by atoms with Gasteiger partial charge in [-0.15, -0.1) is 0 Å². The molecular weight excluding hydrogens is 458 g/mol. The topological polar surface area (TPSA) is 102 Å². The quantitative estimate of drug-likeness (QED) is 0.338. The highest BCUT2D eigenvalue weighted by Crippen LogP contribution is 2.41. The fourth-order valence-electron chi connectivity index (χ4n) is 4.60. The van der Waals surface area contributed by atoms with E-state index in [1.54, 1.807) is 28.2 Å². The van der Waals surface area contributed by atoms with Crippen LogP contribution in [0.2, 0.25) is 0 Å². The number of ether oxygens (including phenoxy) is 7. The van der Waals surface area contributed by atoms with E-state index < -0.39 is 42.3 Å². The lowest BCUT2D eigenvalue weighted by Crippen LogP contribution is -2.46. The number of hydrogen-bond donors (Lipinski definition) is 0. The molecule has 1 saturated carbocycles. The van der Waals surface area contributed by atoms with Crippen LogP contribution in [-0.4, -0.2) is 96.8 Å². The largest absolute Gasteiger partial charge is 0.445 e. The van der Waals surface area contributed by atoms with Gasteiger partial charge in [0.1, 0.15) is 38.2 Å². The smallest absolute Gasteiger partial charge is 0.409 e. The third-order valence-corrected chi connectivity index (χ3v) is 6.25. The maximum absolute atomic E-state index is 13.2. The van der Waals surface area contributed by atoms with Gasteiger partial charge in [0.15, 0.2) is 0 Å². The molecule has 6 atom stereocenters. The Morgan fingerprint density at radius 1 is 0.886 bits per heavy atom. The van der Waals surface area contributed by atoms with E-state index in [0.717, 1.165) is 5.56 Å². The first-order chi connectivity index (χ1) is 16.9. The van der Waals surface area contributed by atoms with Gasteiger partial charge in [-0.25, -0.2) is 4.79 Å². The molecule has 0 aliphatic heterocycles. The number of amides is 1. The van der Waals surface area contributed by atoms with Crippen molar-refractivity contribution in [2.45, 2.75) is 44.4 Å². The molecule has 1 aliphatic rings. The van der Waals surface area contributed by atoms with Crippen molar-refractivity contribution in [2.24, 2.45) is 11.8 Å². The van der Waals surface area contributed by atoms with Crippen molar-refractivity contribution in [1.29, 1.82) is 0 Å². The average molecular weight is 498 g/mol. The lowest BCUT2D eigenvalue weighted by Gasteiger charge is -2.34. The lowest BCUT2D eigenvalue weighted by molar-refractivity contribution is -0.154. The summed E-state index contributed by atoms with van der Waals surface area (Å²) in [7, 11) is 7.75. The molecule has 0 spiro atoms. The van der Waals surface area contributed by atoms with E-state index in [1.807, 2.05) is 30.3 Å². The number of carbonyl (C=O) groups is 2. The molecule has 10 heteroatoms. The molecule has 0 aromatic heterocycles. The molecule has 2 rings (SSSR count). The highest BCUT2D eigenvalue weighted by atomic mass is 16.7. The second-order valence-corrected chi connectivity index (χ2v) is 8.40. The molecular formula is C25H39NO9. The fraction of sp³-hybridized carbons (Fsp3) is 0.680. The summed E-state index contributed by atoms with van der Waals surface area (Å²) in [5.41, 5.74) is 0.873. The fourth-order valence-corrected chi connectivity index (χ4v) is 4.60. The molecule has 1 aliphatic carbocycles. The number of Topliss-reactive ketones (excluding diaryl/α,β-unsaturated/α-hetero) is 1. The Balaban J connectivity index is 2.29. The lowest BCUT2D eigenvalue weighted by atomic mass is 9.82. The number of methoxy groups -OCH3 is 4. The Bertz CT molecular complexity index is 741. The van der Waals surface area contributed by atoms with E-state index >= 15 is 0 Å². The molecule has 1 aromatic rings. The third kappa shape index (κ3) is 7.70. The van der Waals surface area contributed by atoms with Crippen LogP contribution in [0.15, 0.2) is 30.3 Å². The molecule has 1 fully saturated rings. The zero-order valence-corrected chi connectivity index (χ0v) is 21.5. The Kier molecular flexibility index (Phi) is 12.6. The number of carbonyl (C=O) groups excluding carboxylic acids is 2. The van der Waals surface area contributed by atoms with E-state index in [-0.39, 0.29) is 38.9 Å². The van der Waals surface area contributed by atoms with Crippen molar-refractivity contribution in [1.82, 2.24) is 4.90 Å². The maximum atomic E-state index is 13.2. The molecule has 10 nitrogen and oxygen atoms in total. The Morgan fingerprint density at radius 2 is 1.43 bits per heavy atom. The minimum absolute atomic E-state index is 0.00352. The molecule has 35 heavy (non-hydrogen) atoms. The summed E-state index contributed by atoms with van der Waals surface area (Å²) >= 11 is 0. The average Bonchev–Trinajstić information content (AvgIpc) is 3.19. The van der Waals surface area contributed by atoms with Gasteiger partial charge in [0.05, 0.1) is 12.2 Å². The summed E-state index contributed by atoms with van der Waals surface area (Å²) in [5, 5.41) is 0. The Labute approximate surface area is 207 Å². The number of rotatable bonds is 15. The van der Waals surface area contributed by atoms with E-state index in [1.165, 1.54) is 19.1 Å². The van der Waals surface area contributed by atoms with Crippen molar-refractivity contribution in [2.75, 3.05) is 55.6 Å². The summed E-state index contributed by atoms with van der Waals surface area (Å²) in [6, 6.07) is 9.40. The van der Waals surface area contributed by atoms with E-state index in [9.17, 15) is 9.59 Å². The monoisotopic (exact) mass is 497 g/mol. The highest BCUT2D eigenvalue weighted by Gasteiger charge is 2.57. The molecule has 0 bridgehead atoms. The SMILES string of the molecule is CCC(=O)C(CN(C)C(=O)OCc1ccccc1)C1[C@@H](OCOC)[C@@H](OC)[C@@H](OC)[C@H]1OCOC. The molecule has 0 radical (unpaired) electrons. The minimum Gasteiger partial charge on any atom is -0.445 e. The van der Waals surface area contributed by atoms with Crippen molar-refractivity contribution >= 4 is 11.9 Å². The molecule has 0 heterocycles. The second kappa shape index (κ2) is 15.1. The van der Waals surface area contributed by atoms with Gasteiger partial charge >= 0.3 is 6.09 Å². The van der Waals surface area contributed by atoms with Gasteiger partial charge < -0.3 is 38.1 Å². The molecule has 1 aromatic carbocycles. The highest BCUT2D eigenvalue weighted by molar-refractivity contribution is 5.82. The van der Waals surface area contributed by atoms with Crippen molar-refractivity contribution < 1.29 is 42.7 Å². The van der Waals surface area contributed by atoms with E-state index in [4.69, 9.17) is 33.2 Å². The molecule has 198 valence electrons. The van der Waals surface area contributed by atoms with Crippen molar-refractivity contribution in [3.05, 3.63) is 35.9 Å². The summed E-state index contributed by atoms with van der Waals surface area (Å²) in [4.78, 5) is 27.4. The number of hydrogen-bond acceptors (Lipinski definition) is 9. The zero-order chi connectivity index (χ0) is 25.8.